The number of aryl methyl sites for hydroxylation is 2. The molecule has 1 aromatic heterocycles. The van der Waals surface area contributed by atoms with E-state index in [1.54, 1.807) is 10.8 Å². The third kappa shape index (κ3) is 3.86. The number of rotatable bonds is 5. The number of carbonyl (C=O) groups is 1. The van der Waals surface area contributed by atoms with Crippen molar-refractivity contribution in [1.29, 1.82) is 0 Å². The van der Waals surface area contributed by atoms with Gasteiger partial charge < -0.3 is 15.0 Å². The van der Waals surface area contributed by atoms with Crippen molar-refractivity contribution in [3.63, 3.8) is 0 Å². The fourth-order valence-corrected chi connectivity index (χ4v) is 2.75. The summed E-state index contributed by atoms with van der Waals surface area (Å²) in [4.78, 5) is 16.2. The zero-order chi connectivity index (χ0) is 15.4. The first-order chi connectivity index (χ1) is 10.0. The SMILES string of the molecule is Cc1ccc(NC(=O)CSc2ncc(CO)n2C)c(C)c1. The van der Waals surface area contributed by atoms with E-state index >= 15 is 0 Å². The third-order valence-corrected chi connectivity index (χ3v) is 4.24. The number of aromatic nitrogens is 2. The molecule has 0 unspecified atom stereocenters. The first kappa shape index (κ1) is 15.6. The van der Waals surface area contributed by atoms with Gasteiger partial charge in [0.2, 0.25) is 5.91 Å². The summed E-state index contributed by atoms with van der Waals surface area (Å²) >= 11 is 1.35. The number of hydrogen-bond donors (Lipinski definition) is 2. The smallest absolute Gasteiger partial charge is 0.234 e. The number of amides is 1. The van der Waals surface area contributed by atoms with Gasteiger partial charge in [-0.2, -0.15) is 0 Å². The minimum absolute atomic E-state index is 0.0567. The van der Waals surface area contributed by atoms with Gasteiger partial charge >= 0.3 is 0 Å². The van der Waals surface area contributed by atoms with Crippen molar-refractivity contribution in [1.82, 2.24) is 9.55 Å². The van der Waals surface area contributed by atoms with Gasteiger partial charge in [-0.3, -0.25) is 4.79 Å². The highest BCUT2D eigenvalue weighted by molar-refractivity contribution is 7.99. The number of nitrogens with one attached hydrogen (secondary N) is 1. The van der Waals surface area contributed by atoms with Crippen LogP contribution in [0, 0.1) is 13.8 Å². The monoisotopic (exact) mass is 305 g/mol. The number of benzene rings is 1. The van der Waals surface area contributed by atoms with E-state index in [4.69, 9.17) is 5.11 Å². The predicted molar refractivity (Wildman–Crippen MR) is 84.4 cm³/mol. The number of anilines is 1. The van der Waals surface area contributed by atoms with Gasteiger partial charge in [0.15, 0.2) is 5.16 Å². The molecule has 0 aliphatic carbocycles. The molecule has 1 amide bonds. The van der Waals surface area contributed by atoms with Gasteiger partial charge in [-0.25, -0.2) is 4.98 Å². The second kappa shape index (κ2) is 6.78. The van der Waals surface area contributed by atoms with Gasteiger partial charge in [-0.15, -0.1) is 0 Å². The molecule has 0 bridgehead atoms. The third-order valence-electron chi connectivity index (χ3n) is 3.19. The highest BCUT2D eigenvalue weighted by Gasteiger charge is 2.10. The maximum Gasteiger partial charge on any atom is 0.234 e. The molecule has 2 N–H and O–H groups in total. The van der Waals surface area contributed by atoms with Crippen molar-refractivity contribution in [2.24, 2.45) is 7.05 Å². The molecule has 0 saturated heterocycles. The summed E-state index contributed by atoms with van der Waals surface area (Å²) in [6, 6.07) is 5.93. The molecule has 112 valence electrons. The highest BCUT2D eigenvalue weighted by atomic mass is 32.2. The first-order valence-electron chi connectivity index (χ1n) is 6.62. The second-order valence-electron chi connectivity index (χ2n) is 4.90. The van der Waals surface area contributed by atoms with Crippen LogP contribution in [-0.2, 0) is 18.4 Å². The van der Waals surface area contributed by atoms with Crippen LogP contribution in [0.1, 0.15) is 16.8 Å². The summed E-state index contributed by atoms with van der Waals surface area (Å²) in [6.07, 6.45) is 1.62. The van der Waals surface area contributed by atoms with Crippen molar-refractivity contribution in [3.05, 3.63) is 41.2 Å². The van der Waals surface area contributed by atoms with Crippen molar-refractivity contribution >= 4 is 23.4 Å². The van der Waals surface area contributed by atoms with Crippen LogP contribution in [0.3, 0.4) is 0 Å². The molecule has 0 aliphatic heterocycles. The molecule has 0 fully saturated rings. The lowest BCUT2D eigenvalue weighted by molar-refractivity contribution is -0.113. The molecule has 5 nitrogen and oxygen atoms in total. The molecule has 0 radical (unpaired) electrons. The number of aliphatic hydroxyl groups excluding tert-OH is 1. The van der Waals surface area contributed by atoms with Gasteiger partial charge in [0.25, 0.3) is 0 Å². The summed E-state index contributed by atoms with van der Waals surface area (Å²) in [5, 5.41) is 12.7. The van der Waals surface area contributed by atoms with Crippen LogP contribution in [0.15, 0.2) is 29.6 Å². The highest BCUT2D eigenvalue weighted by Crippen LogP contribution is 2.19. The fourth-order valence-electron chi connectivity index (χ4n) is 1.98. The quantitative estimate of drug-likeness (QED) is 0.832. The normalized spacial score (nSPS) is 10.7. The average molecular weight is 305 g/mol. The Hall–Kier alpha value is -1.79. The lowest BCUT2D eigenvalue weighted by Gasteiger charge is -2.09. The summed E-state index contributed by atoms with van der Waals surface area (Å²) in [6.45, 7) is 3.94. The Balaban J connectivity index is 1.94. The van der Waals surface area contributed by atoms with Crippen molar-refractivity contribution in [2.75, 3.05) is 11.1 Å². The molecule has 1 aromatic carbocycles. The van der Waals surface area contributed by atoms with Gasteiger partial charge in [0, 0.05) is 12.7 Å². The number of carbonyl (C=O) groups excluding carboxylic acids is 1. The van der Waals surface area contributed by atoms with Gasteiger partial charge in [-0.05, 0) is 25.5 Å². The predicted octanol–water partition coefficient (Wildman–Crippen LogP) is 2.26. The zero-order valence-corrected chi connectivity index (χ0v) is 13.2. The van der Waals surface area contributed by atoms with E-state index < -0.39 is 0 Å². The molecule has 0 spiro atoms. The van der Waals surface area contributed by atoms with E-state index in [2.05, 4.69) is 10.3 Å². The molecule has 0 aliphatic rings. The van der Waals surface area contributed by atoms with E-state index in [0.29, 0.717) is 0 Å². The average Bonchev–Trinajstić information content (AvgIpc) is 2.80. The Morgan fingerprint density at radius 3 is 2.81 bits per heavy atom. The maximum absolute atomic E-state index is 12.0. The minimum Gasteiger partial charge on any atom is -0.390 e. The number of imidazole rings is 1. The van der Waals surface area contributed by atoms with Crippen LogP contribution >= 0.6 is 11.8 Å². The molecule has 21 heavy (non-hydrogen) atoms. The van der Waals surface area contributed by atoms with E-state index in [1.165, 1.54) is 17.3 Å². The largest absolute Gasteiger partial charge is 0.390 e. The zero-order valence-electron chi connectivity index (χ0n) is 12.4. The standard InChI is InChI=1S/C15H19N3O2S/c1-10-4-5-13(11(2)6-10)17-14(20)9-21-15-16-7-12(8-19)18(15)3/h4-7,19H,8-9H2,1-3H3,(H,17,20). The van der Waals surface area contributed by atoms with Crippen LogP contribution in [0.2, 0.25) is 0 Å². The minimum atomic E-state index is -0.0690. The summed E-state index contributed by atoms with van der Waals surface area (Å²) in [7, 11) is 1.82. The molecule has 1 heterocycles. The van der Waals surface area contributed by atoms with E-state index in [1.807, 2.05) is 39.1 Å². The Morgan fingerprint density at radius 2 is 2.19 bits per heavy atom. The summed E-state index contributed by atoms with van der Waals surface area (Å²) in [5.41, 5.74) is 3.78. The van der Waals surface area contributed by atoms with E-state index in [0.717, 1.165) is 22.1 Å². The molecule has 2 aromatic rings. The van der Waals surface area contributed by atoms with Crippen LogP contribution in [0.4, 0.5) is 5.69 Å². The lowest BCUT2D eigenvalue weighted by atomic mass is 10.1. The Morgan fingerprint density at radius 1 is 1.43 bits per heavy atom. The number of nitrogens with zero attached hydrogens (tertiary/aromatic N) is 2. The molecule has 2 rings (SSSR count). The Kier molecular flexibility index (Phi) is 5.03. The van der Waals surface area contributed by atoms with Gasteiger partial charge in [0.1, 0.15) is 0 Å². The fraction of sp³-hybridized carbons (Fsp3) is 0.333. The topological polar surface area (TPSA) is 67.2 Å². The summed E-state index contributed by atoms with van der Waals surface area (Å²) < 4.78 is 1.79. The van der Waals surface area contributed by atoms with Gasteiger partial charge in [-0.1, -0.05) is 29.5 Å². The Bertz CT molecular complexity index is 652. The van der Waals surface area contributed by atoms with E-state index in [-0.39, 0.29) is 18.3 Å². The van der Waals surface area contributed by atoms with Gasteiger partial charge in [0.05, 0.1) is 24.3 Å². The lowest BCUT2D eigenvalue weighted by Crippen LogP contribution is -2.15. The van der Waals surface area contributed by atoms with E-state index in [9.17, 15) is 4.79 Å². The molecular formula is C15H19N3O2S. The molecule has 0 saturated carbocycles. The Labute approximate surface area is 128 Å². The number of hydrogen-bond acceptors (Lipinski definition) is 4. The molecule has 6 heteroatoms. The maximum atomic E-state index is 12.0. The van der Waals surface area contributed by atoms with Crippen LogP contribution in [0.25, 0.3) is 0 Å². The number of thioether (sulfide) groups is 1. The van der Waals surface area contributed by atoms with Crippen molar-refractivity contribution < 1.29 is 9.90 Å². The molecule has 0 atom stereocenters. The van der Waals surface area contributed by atoms with Crippen LogP contribution in [0.5, 0.6) is 0 Å². The summed E-state index contributed by atoms with van der Waals surface area (Å²) in [5.74, 6) is 0.212. The van der Waals surface area contributed by atoms with Crippen molar-refractivity contribution in [3.8, 4) is 0 Å². The van der Waals surface area contributed by atoms with Crippen LogP contribution < -0.4 is 5.32 Å². The first-order valence-corrected chi connectivity index (χ1v) is 7.61. The van der Waals surface area contributed by atoms with Crippen molar-refractivity contribution in [2.45, 2.75) is 25.6 Å². The number of aliphatic hydroxyl groups is 1. The second-order valence-corrected chi connectivity index (χ2v) is 5.85. The van der Waals surface area contributed by atoms with Crippen LogP contribution in [-0.4, -0.2) is 26.3 Å². The molecular weight excluding hydrogens is 286 g/mol.